The van der Waals surface area contributed by atoms with Gasteiger partial charge in [0.1, 0.15) is 0 Å². The van der Waals surface area contributed by atoms with Gasteiger partial charge in [0.2, 0.25) is 5.91 Å². The molecule has 3 N–H and O–H groups in total. The zero-order valence-corrected chi connectivity index (χ0v) is 10.9. The fourth-order valence-electron chi connectivity index (χ4n) is 1.38. The van der Waals surface area contributed by atoms with Crippen molar-refractivity contribution >= 4 is 22.4 Å². The first-order valence-corrected chi connectivity index (χ1v) is 6.85. The van der Waals surface area contributed by atoms with Crippen LogP contribution in [0, 0.1) is 0 Å². The van der Waals surface area contributed by atoms with E-state index in [1.165, 1.54) is 0 Å². The molecule has 17 heavy (non-hydrogen) atoms. The first-order valence-electron chi connectivity index (χ1n) is 5.53. The molecule has 1 aromatic rings. The maximum atomic E-state index is 11.9. The van der Waals surface area contributed by atoms with Crippen molar-refractivity contribution in [3.8, 4) is 0 Å². The summed E-state index contributed by atoms with van der Waals surface area (Å²) in [4.78, 5) is 12.0. The average molecular weight is 254 g/mol. The van der Waals surface area contributed by atoms with Gasteiger partial charge in [0, 0.05) is 23.9 Å². The zero-order valence-electron chi connectivity index (χ0n) is 10.1. The fraction of sp³-hybridized carbons (Fsp3) is 0.417. The van der Waals surface area contributed by atoms with E-state index in [-0.39, 0.29) is 18.4 Å². The highest BCUT2D eigenvalue weighted by atomic mass is 32.2. The van der Waals surface area contributed by atoms with Crippen molar-refractivity contribution in [1.82, 2.24) is 5.32 Å². The van der Waals surface area contributed by atoms with Gasteiger partial charge in [0.25, 0.3) is 0 Å². The van der Waals surface area contributed by atoms with Crippen molar-refractivity contribution < 1.29 is 9.00 Å². The molecule has 1 amide bonds. The minimum Gasteiger partial charge on any atom is -0.398 e. The van der Waals surface area contributed by atoms with Crippen molar-refractivity contribution in [1.29, 1.82) is 0 Å². The zero-order chi connectivity index (χ0) is 12.8. The minimum absolute atomic E-state index is 0.0807. The van der Waals surface area contributed by atoms with Crippen molar-refractivity contribution in [3.05, 3.63) is 24.3 Å². The molecule has 0 saturated carbocycles. The molecule has 0 radical (unpaired) electrons. The number of nitrogen functional groups attached to an aromatic ring is 1. The minimum atomic E-state index is -1.22. The Hall–Kier alpha value is -1.36. The largest absolute Gasteiger partial charge is 0.398 e. The van der Waals surface area contributed by atoms with E-state index in [0.717, 1.165) is 0 Å². The van der Waals surface area contributed by atoms with Crippen LogP contribution >= 0.6 is 0 Å². The molecule has 0 aromatic heterocycles. The molecular weight excluding hydrogens is 236 g/mol. The molecule has 0 aliphatic rings. The van der Waals surface area contributed by atoms with Gasteiger partial charge in [-0.1, -0.05) is 12.1 Å². The van der Waals surface area contributed by atoms with Gasteiger partial charge in [0.05, 0.1) is 15.7 Å². The number of carbonyl (C=O) groups is 1. The van der Waals surface area contributed by atoms with Gasteiger partial charge in [-0.25, -0.2) is 0 Å². The Balaban J connectivity index is 2.51. The first kappa shape index (κ1) is 13.7. The third kappa shape index (κ3) is 4.56. The predicted molar refractivity (Wildman–Crippen MR) is 70.0 cm³/mol. The Kier molecular flexibility index (Phi) is 5.15. The quantitative estimate of drug-likeness (QED) is 0.778. The first-order chi connectivity index (χ1) is 8.00. The summed E-state index contributed by atoms with van der Waals surface area (Å²) in [6.07, 6.45) is 0.249. The lowest BCUT2D eigenvalue weighted by Crippen LogP contribution is -2.30. The summed E-state index contributed by atoms with van der Waals surface area (Å²) in [5.74, 6) is 0.218. The number of hydrogen-bond acceptors (Lipinski definition) is 3. The van der Waals surface area contributed by atoms with E-state index in [4.69, 9.17) is 5.73 Å². The molecule has 0 fully saturated rings. The Morgan fingerprint density at radius 3 is 2.65 bits per heavy atom. The van der Waals surface area contributed by atoms with E-state index in [9.17, 15) is 9.00 Å². The second-order valence-corrected chi connectivity index (χ2v) is 5.60. The van der Waals surface area contributed by atoms with E-state index in [0.29, 0.717) is 16.3 Å². The standard InChI is InChI=1S/C12H18N2O2S/c1-9(2)14-12(15)7-8-17(16)11-6-4-3-5-10(11)13/h3-6,9H,7-8,13H2,1-2H3,(H,14,15). The monoisotopic (exact) mass is 254 g/mol. The molecular formula is C12H18N2O2S. The highest BCUT2D eigenvalue weighted by Crippen LogP contribution is 2.15. The van der Waals surface area contributed by atoms with Crippen LogP contribution < -0.4 is 11.1 Å². The maximum absolute atomic E-state index is 11.9. The number of anilines is 1. The molecule has 0 saturated heterocycles. The number of nitrogens with two attached hydrogens (primary N) is 1. The Labute approximate surface area is 104 Å². The van der Waals surface area contributed by atoms with Crippen LogP contribution in [0.4, 0.5) is 5.69 Å². The van der Waals surface area contributed by atoms with E-state index < -0.39 is 10.8 Å². The van der Waals surface area contributed by atoms with Gasteiger partial charge in [-0.15, -0.1) is 0 Å². The summed E-state index contributed by atoms with van der Waals surface area (Å²) < 4.78 is 11.9. The number of amides is 1. The second kappa shape index (κ2) is 6.39. The molecule has 1 rings (SSSR count). The molecule has 94 valence electrons. The van der Waals surface area contributed by atoms with E-state index >= 15 is 0 Å². The lowest BCUT2D eigenvalue weighted by molar-refractivity contribution is -0.121. The summed E-state index contributed by atoms with van der Waals surface area (Å²) in [7, 11) is -1.22. The van der Waals surface area contributed by atoms with Gasteiger partial charge >= 0.3 is 0 Å². The second-order valence-electron chi connectivity index (χ2n) is 4.06. The number of nitrogens with one attached hydrogen (secondary N) is 1. The van der Waals surface area contributed by atoms with E-state index in [2.05, 4.69) is 5.32 Å². The van der Waals surface area contributed by atoms with Crippen LogP contribution in [0.5, 0.6) is 0 Å². The fourth-order valence-corrected chi connectivity index (χ4v) is 2.53. The smallest absolute Gasteiger partial charge is 0.221 e. The molecule has 0 aliphatic heterocycles. The van der Waals surface area contributed by atoms with Gasteiger partial charge < -0.3 is 11.1 Å². The topological polar surface area (TPSA) is 72.2 Å². The van der Waals surface area contributed by atoms with Gasteiger partial charge in [-0.3, -0.25) is 9.00 Å². The van der Waals surface area contributed by atoms with E-state index in [1.807, 2.05) is 13.8 Å². The molecule has 1 atom stereocenters. The predicted octanol–water partition coefficient (Wildman–Crippen LogP) is 1.29. The highest BCUT2D eigenvalue weighted by molar-refractivity contribution is 7.85. The molecule has 0 spiro atoms. The SMILES string of the molecule is CC(C)NC(=O)CCS(=O)c1ccccc1N. The Morgan fingerprint density at radius 2 is 2.06 bits per heavy atom. The lowest BCUT2D eigenvalue weighted by Gasteiger charge is -2.08. The molecule has 4 nitrogen and oxygen atoms in total. The third-order valence-corrected chi connectivity index (χ3v) is 3.57. The van der Waals surface area contributed by atoms with Crippen LogP contribution in [-0.2, 0) is 15.6 Å². The number of carbonyl (C=O) groups excluding carboxylic acids is 1. The van der Waals surface area contributed by atoms with E-state index in [1.54, 1.807) is 24.3 Å². The number of para-hydroxylation sites is 1. The summed E-state index contributed by atoms with van der Waals surface area (Å²) in [5.41, 5.74) is 6.22. The average Bonchev–Trinajstić information content (AvgIpc) is 2.25. The van der Waals surface area contributed by atoms with Crippen LogP contribution in [-0.4, -0.2) is 21.9 Å². The van der Waals surface area contributed by atoms with Gasteiger partial charge in [0.15, 0.2) is 0 Å². The summed E-state index contributed by atoms with van der Waals surface area (Å²) >= 11 is 0. The van der Waals surface area contributed by atoms with Crippen LogP contribution in [0.3, 0.4) is 0 Å². The molecule has 0 aliphatic carbocycles. The lowest BCUT2D eigenvalue weighted by atomic mass is 10.3. The van der Waals surface area contributed by atoms with Crippen LogP contribution in [0.25, 0.3) is 0 Å². The Morgan fingerprint density at radius 1 is 1.41 bits per heavy atom. The summed E-state index contributed by atoms with van der Waals surface area (Å²) in [6.45, 7) is 3.79. The van der Waals surface area contributed by atoms with Crippen LogP contribution in [0.15, 0.2) is 29.2 Å². The van der Waals surface area contributed by atoms with Gasteiger partial charge in [-0.05, 0) is 26.0 Å². The molecule has 1 aromatic carbocycles. The normalized spacial score (nSPS) is 12.4. The Bertz CT molecular complexity index is 419. The maximum Gasteiger partial charge on any atom is 0.221 e. The summed E-state index contributed by atoms with van der Waals surface area (Å²) in [5, 5.41) is 2.76. The molecule has 1 unspecified atom stereocenters. The molecule has 0 bridgehead atoms. The van der Waals surface area contributed by atoms with Crippen molar-refractivity contribution in [2.45, 2.75) is 31.2 Å². The number of benzene rings is 1. The highest BCUT2D eigenvalue weighted by Gasteiger charge is 2.10. The van der Waals surface area contributed by atoms with Crippen molar-refractivity contribution in [2.75, 3.05) is 11.5 Å². The summed E-state index contributed by atoms with van der Waals surface area (Å²) in [6, 6.07) is 7.13. The van der Waals surface area contributed by atoms with Crippen molar-refractivity contribution in [3.63, 3.8) is 0 Å². The number of hydrogen-bond donors (Lipinski definition) is 2. The third-order valence-electron chi connectivity index (χ3n) is 2.13. The van der Waals surface area contributed by atoms with Gasteiger partial charge in [-0.2, -0.15) is 0 Å². The van der Waals surface area contributed by atoms with Crippen LogP contribution in [0.1, 0.15) is 20.3 Å². The van der Waals surface area contributed by atoms with Crippen molar-refractivity contribution in [2.24, 2.45) is 0 Å². The number of rotatable bonds is 5. The molecule has 0 heterocycles. The molecule has 5 heteroatoms. The van der Waals surface area contributed by atoms with Crippen LogP contribution in [0.2, 0.25) is 0 Å².